The summed E-state index contributed by atoms with van der Waals surface area (Å²) in [6, 6.07) is 17.4. The number of thiazole rings is 1. The lowest BCUT2D eigenvalue weighted by atomic mass is 10.1. The van der Waals surface area contributed by atoms with E-state index >= 15 is 0 Å². The number of nitrogens with zero attached hydrogens (tertiary/aromatic N) is 3. The zero-order valence-electron chi connectivity index (χ0n) is 14.0. The van der Waals surface area contributed by atoms with Crippen LogP contribution in [0.2, 0.25) is 0 Å². The summed E-state index contributed by atoms with van der Waals surface area (Å²) in [6.07, 6.45) is 2.14. The van der Waals surface area contributed by atoms with Gasteiger partial charge in [0.15, 0.2) is 0 Å². The maximum absolute atomic E-state index is 12.7. The van der Waals surface area contributed by atoms with Crippen LogP contribution < -0.4 is 15.7 Å². The second-order valence-corrected chi connectivity index (χ2v) is 7.06. The molecule has 128 valence electrons. The van der Waals surface area contributed by atoms with Gasteiger partial charge in [-0.2, -0.15) is 14.6 Å². The Morgan fingerprint density at radius 1 is 1.04 bits per heavy atom. The van der Waals surface area contributed by atoms with Gasteiger partial charge in [0.25, 0.3) is 11.1 Å². The highest BCUT2D eigenvalue weighted by Gasteiger charge is 2.11. The van der Waals surface area contributed by atoms with Crippen molar-refractivity contribution < 1.29 is 0 Å². The molecule has 0 atom stereocenters. The third-order valence-corrected chi connectivity index (χ3v) is 5.00. The molecule has 4 rings (SSSR count). The summed E-state index contributed by atoms with van der Waals surface area (Å²) in [5, 5.41) is 4.27. The zero-order chi connectivity index (χ0) is 18.1. The molecule has 2 heterocycles. The molecular weight excluding hydrogens is 346 g/mol. The predicted octanol–water partition coefficient (Wildman–Crippen LogP) is 1.96. The third kappa shape index (κ3) is 3.19. The maximum Gasteiger partial charge on any atom is 0.296 e. The lowest BCUT2D eigenvalue weighted by molar-refractivity contribution is 0.811. The van der Waals surface area contributed by atoms with Crippen LogP contribution in [0.15, 0.2) is 64.2 Å². The van der Waals surface area contributed by atoms with Gasteiger partial charge in [-0.25, -0.2) is 0 Å². The molecule has 0 fully saturated rings. The normalized spacial score (nSPS) is 12.0. The molecule has 0 aliphatic carbocycles. The van der Waals surface area contributed by atoms with Gasteiger partial charge in [-0.15, -0.1) is 0 Å². The summed E-state index contributed by atoms with van der Waals surface area (Å²) >= 11 is 1.17. The van der Waals surface area contributed by atoms with Gasteiger partial charge in [-0.1, -0.05) is 71.5 Å². The van der Waals surface area contributed by atoms with Crippen molar-refractivity contribution in [2.45, 2.75) is 13.3 Å². The summed E-state index contributed by atoms with van der Waals surface area (Å²) in [5.41, 5.74) is 2.65. The molecule has 0 bridgehead atoms. The molecular formula is C20H15N3O2S. The van der Waals surface area contributed by atoms with Crippen LogP contribution in [0.5, 0.6) is 0 Å². The fraction of sp³-hybridized carbons (Fsp3) is 0.100. The highest BCUT2D eigenvalue weighted by Crippen LogP contribution is 2.06. The fourth-order valence-electron chi connectivity index (χ4n) is 2.66. The van der Waals surface area contributed by atoms with Crippen molar-refractivity contribution >= 4 is 22.4 Å². The maximum atomic E-state index is 12.7. The average Bonchev–Trinajstić information content (AvgIpc) is 2.93. The summed E-state index contributed by atoms with van der Waals surface area (Å²) < 4.78 is 1.73. The van der Waals surface area contributed by atoms with Gasteiger partial charge in [0.1, 0.15) is 5.69 Å². The Hall–Kier alpha value is -3.12. The minimum Gasteiger partial charge on any atom is -0.266 e. The molecule has 0 radical (unpaired) electrons. The van der Waals surface area contributed by atoms with Gasteiger partial charge in [0, 0.05) is 6.42 Å². The first kappa shape index (κ1) is 16.4. The van der Waals surface area contributed by atoms with Crippen molar-refractivity contribution in [2.75, 3.05) is 0 Å². The molecule has 26 heavy (non-hydrogen) atoms. The van der Waals surface area contributed by atoms with Crippen LogP contribution in [-0.2, 0) is 6.42 Å². The van der Waals surface area contributed by atoms with Gasteiger partial charge in [0.05, 0.1) is 4.53 Å². The molecule has 0 aliphatic heterocycles. The number of hydrogen-bond donors (Lipinski definition) is 0. The Morgan fingerprint density at radius 2 is 1.77 bits per heavy atom. The van der Waals surface area contributed by atoms with E-state index in [0.29, 0.717) is 15.9 Å². The molecule has 4 aromatic rings. The van der Waals surface area contributed by atoms with Crippen molar-refractivity contribution in [3.8, 4) is 0 Å². The summed E-state index contributed by atoms with van der Waals surface area (Å²) in [4.78, 5) is 29.3. The van der Waals surface area contributed by atoms with Crippen LogP contribution in [0.1, 0.15) is 22.4 Å². The van der Waals surface area contributed by atoms with Crippen LogP contribution in [0.25, 0.3) is 11.0 Å². The van der Waals surface area contributed by atoms with Crippen molar-refractivity contribution in [3.63, 3.8) is 0 Å². The number of fused-ring (bicyclic) bond motifs is 1. The predicted molar refractivity (Wildman–Crippen MR) is 103 cm³/mol. The minimum absolute atomic E-state index is 0.257. The van der Waals surface area contributed by atoms with Crippen LogP contribution >= 0.6 is 11.3 Å². The number of aryl methyl sites for hydroxylation is 1. The summed E-state index contributed by atoms with van der Waals surface area (Å²) in [6.45, 7) is 2.01. The number of rotatable bonds is 3. The molecule has 0 N–H and O–H groups in total. The standard InChI is InChI=1S/C20H15N3O2S/c1-13-7-9-15(10-8-13)12-17-19(25)23-20(26-17)21-18(24)16(22-23)11-14-5-3-2-4-6-14/h2-10,12H,11H2,1H3/b17-12-. The van der Waals surface area contributed by atoms with Crippen molar-refractivity contribution in [3.05, 3.63) is 102 Å². The van der Waals surface area contributed by atoms with Gasteiger partial charge < -0.3 is 0 Å². The van der Waals surface area contributed by atoms with Crippen LogP contribution in [0.4, 0.5) is 0 Å². The highest BCUT2D eigenvalue weighted by atomic mass is 32.1. The van der Waals surface area contributed by atoms with Crippen LogP contribution in [-0.4, -0.2) is 14.6 Å². The van der Waals surface area contributed by atoms with E-state index in [0.717, 1.165) is 16.7 Å². The van der Waals surface area contributed by atoms with E-state index in [-0.39, 0.29) is 11.3 Å². The Labute approximate surface area is 152 Å². The molecule has 0 aliphatic rings. The Kier molecular flexibility index (Phi) is 4.18. The summed E-state index contributed by atoms with van der Waals surface area (Å²) in [5.74, 6) is 0. The van der Waals surface area contributed by atoms with Gasteiger partial charge in [-0.3, -0.25) is 9.59 Å². The first-order valence-electron chi connectivity index (χ1n) is 8.15. The van der Waals surface area contributed by atoms with Gasteiger partial charge in [0.2, 0.25) is 4.96 Å². The van der Waals surface area contributed by atoms with Crippen LogP contribution in [0.3, 0.4) is 0 Å². The topological polar surface area (TPSA) is 64.3 Å². The lowest BCUT2D eigenvalue weighted by Crippen LogP contribution is -2.28. The highest BCUT2D eigenvalue weighted by molar-refractivity contribution is 7.15. The first-order valence-corrected chi connectivity index (χ1v) is 8.97. The second-order valence-electron chi connectivity index (χ2n) is 6.05. The minimum atomic E-state index is -0.392. The average molecular weight is 361 g/mol. The summed E-state index contributed by atoms with van der Waals surface area (Å²) in [7, 11) is 0. The van der Waals surface area contributed by atoms with Gasteiger partial charge >= 0.3 is 0 Å². The van der Waals surface area contributed by atoms with Crippen molar-refractivity contribution in [1.82, 2.24) is 14.6 Å². The molecule has 2 aromatic heterocycles. The molecule has 0 saturated heterocycles. The van der Waals surface area contributed by atoms with E-state index in [9.17, 15) is 9.59 Å². The molecule has 0 saturated carbocycles. The molecule has 6 heteroatoms. The molecule has 0 unspecified atom stereocenters. The molecule has 0 spiro atoms. The van der Waals surface area contributed by atoms with Crippen molar-refractivity contribution in [1.29, 1.82) is 0 Å². The van der Waals surface area contributed by atoms with E-state index < -0.39 is 5.56 Å². The smallest absolute Gasteiger partial charge is 0.266 e. The quantitative estimate of drug-likeness (QED) is 0.560. The number of aromatic nitrogens is 3. The molecule has 0 amide bonds. The zero-order valence-corrected chi connectivity index (χ0v) is 14.9. The third-order valence-electron chi connectivity index (χ3n) is 4.04. The van der Waals surface area contributed by atoms with Gasteiger partial charge in [-0.05, 0) is 24.1 Å². The van der Waals surface area contributed by atoms with Crippen LogP contribution in [0, 0.1) is 6.92 Å². The largest absolute Gasteiger partial charge is 0.296 e. The number of hydrogen-bond acceptors (Lipinski definition) is 5. The Balaban J connectivity index is 1.81. The Bertz CT molecular complexity index is 1240. The van der Waals surface area contributed by atoms with Crippen molar-refractivity contribution in [2.24, 2.45) is 0 Å². The van der Waals surface area contributed by atoms with E-state index in [2.05, 4.69) is 10.1 Å². The number of benzene rings is 2. The SMILES string of the molecule is Cc1ccc(/C=c2\sc3nc(=O)c(Cc4ccccc4)nn3c2=O)cc1. The fourth-order valence-corrected chi connectivity index (χ4v) is 3.56. The first-order chi connectivity index (χ1) is 12.6. The van der Waals surface area contributed by atoms with E-state index in [4.69, 9.17) is 0 Å². The second kappa shape index (κ2) is 6.65. The van der Waals surface area contributed by atoms with E-state index in [1.165, 1.54) is 15.9 Å². The van der Waals surface area contributed by atoms with E-state index in [1.807, 2.05) is 61.5 Å². The lowest BCUT2D eigenvalue weighted by Gasteiger charge is -1.99. The monoisotopic (exact) mass is 361 g/mol. The molecule has 5 nitrogen and oxygen atoms in total. The molecule has 2 aromatic carbocycles. The Morgan fingerprint density at radius 3 is 2.50 bits per heavy atom. The van der Waals surface area contributed by atoms with E-state index in [1.54, 1.807) is 6.08 Å².